The van der Waals surface area contributed by atoms with Crippen molar-refractivity contribution in [3.05, 3.63) is 89.8 Å². The molecule has 0 aromatic heterocycles. The van der Waals surface area contributed by atoms with Gasteiger partial charge in [0.25, 0.3) is 0 Å². The van der Waals surface area contributed by atoms with E-state index in [1.54, 1.807) is 12.1 Å². The fourth-order valence-corrected chi connectivity index (χ4v) is 3.82. The molecule has 3 rings (SSSR count). The lowest BCUT2D eigenvalue weighted by Crippen LogP contribution is -2.14. The summed E-state index contributed by atoms with van der Waals surface area (Å²) in [4.78, 5) is 12.6. The molecule has 0 radical (unpaired) electrons. The van der Waals surface area contributed by atoms with Gasteiger partial charge in [-0.25, -0.2) is 4.21 Å². The fraction of sp³-hybridized carbons (Fsp3) is 0.0952. The Kier molecular flexibility index (Phi) is 5.10. The normalized spacial score (nSPS) is 13.2. The molecule has 0 N–H and O–H groups in total. The van der Waals surface area contributed by atoms with E-state index in [4.69, 9.17) is 4.74 Å². The molecule has 2 unspecified atom stereocenters. The first-order chi connectivity index (χ1) is 12.1. The summed E-state index contributed by atoms with van der Waals surface area (Å²) in [7, 11) is -1.49. The number of esters is 1. The van der Waals surface area contributed by atoms with Gasteiger partial charge in [0.2, 0.25) is 0 Å². The third-order valence-corrected chi connectivity index (χ3v) is 5.27. The Morgan fingerprint density at radius 2 is 1.60 bits per heavy atom. The second-order valence-corrected chi connectivity index (χ2v) is 7.14. The van der Waals surface area contributed by atoms with Gasteiger partial charge in [0, 0.05) is 17.4 Å². The molecule has 0 saturated heterocycles. The van der Waals surface area contributed by atoms with E-state index in [9.17, 15) is 9.00 Å². The highest BCUT2D eigenvalue weighted by atomic mass is 32.2. The van der Waals surface area contributed by atoms with Crippen LogP contribution in [0, 0.1) is 0 Å². The zero-order valence-electron chi connectivity index (χ0n) is 13.8. The second kappa shape index (κ2) is 7.45. The van der Waals surface area contributed by atoms with Crippen LogP contribution in [0.15, 0.2) is 89.2 Å². The predicted molar refractivity (Wildman–Crippen MR) is 100 cm³/mol. The molecule has 0 heterocycles. The number of benzene rings is 3. The Morgan fingerprint density at radius 1 is 0.960 bits per heavy atom. The van der Waals surface area contributed by atoms with Crippen molar-refractivity contribution in [1.29, 1.82) is 0 Å². The van der Waals surface area contributed by atoms with Gasteiger partial charge in [0.05, 0.1) is 15.7 Å². The van der Waals surface area contributed by atoms with Crippen LogP contribution in [-0.4, -0.2) is 10.2 Å². The van der Waals surface area contributed by atoms with Gasteiger partial charge >= 0.3 is 5.97 Å². The molecule has 0 bridgehead atoms. The molecule has 4 heteroatoms. The average molecular weight is 350 g/mol. The van der Waals surface area contributed by atoms with E-state index in [1.165, 1.54) is 6.92 Å². The monoisotopic (exact) mass is 350 g/mol. The Balaban J connectivity index is 2.07. The molecular weight excluding hydrogens is 332 g/mol. The highest BCUT2D eigenvalue weighted by Crippen LogP contribution is 2.34. The first-order valence-electron chi connectivity index (χ1n) is 7.88. The van der Waals surface area contributed by atoms with Gasteiger partial charge in [0.1, 0.15) is 0 Å². The molecule has 0 aliphatic rings. The molecule has 0 aliphatic heterocycles. The van der Waals surface area contributed by atoms with E-state index >= 15 is 0 Å². The van der Waals surface area contributed by atoms with E-state index in [2.05, 4.69) is 6.58 Å². The number of ether oxygens (including phenoxy) is 1. The van der Waals surface area contributed by atoms with Gasteiger partial charge in [-0.15, -0.1) is 0 Å². The van der Waals surface area contributed by atoms with E-state index in [0.717, 1.165) is 16.3 Å². The summed E-state index contributed by atoms with van der Waals surface area (Å²) in [6, 6.07) is 22.6. The third-order valence-electron chi connectivity index (χ3n) is 3.88. The van der Waals surface area contributed by atoms with Crippen molar-refractivity contribution in [3.8, 4) is 0 Å². The van der Waals surface area contributed by atoms with Crippen molar-refractivity contribution in [2.24, 2.45) is 0 Å². The van der Waals surface area contributed by atoms with E-state index < -0.39 is 22.9 Å². The van der Waals surface area contributed by atoms with Crippen LogP contribution in [0.2, 0.25) is 0 Å². The Hall–Kier alpha value is -2.72. The second-order valence-electron chi connectivity index (χ2n) is 5.61. The van der Waals surface area contributed by atoms with Gasteiger partial charge in [-0.2, -0.15) is 0 Å². The van der Waals surface area contributed by atoms with E-state index in [-0.39, 0.29) is 0 Å². The van der Waals surface area contributed by atoms with Gasteiger partial charge < -0.3 is 4.74 Å². The molecule has 0 spiro atoms. The van der Waals surface area contributed by atoms with Crippen molar-refractivity contribution in [2.75, 3.05) is 0 Å². The van der Waals surface area contributed by atoms with Crippen molar-refractivity contribution in [3.63, 3.8) is 0 Å². The highest BCUT2D eigenvalue weighted by molar-refractivity contribution is 7.89. The van der Waals surface area contributed by atoms with Crippen LogP contribution in [0.5, 0.6) is 0 Å². The quantitative estimate of drug-likeness (QED) is 0.623. The first kappa shape index (κ1) is 17.1. The summed E-state index contributed by atoms with van der Waals surface area (Å²) in [5.74, 6) is -0.441. The minimum Gasteiger partial charge on any atom is -0.452 e. The van der Waals surface area contributed by atoms with Crippen LogP contribution >= 0.6 is 0 Å². The molecule has 25 heavy (non-hydrogen) atoms. The molecule has 126 valence electrons. The van der Waals surface area contributed by atoms with Crippen LogP contribution in [0.3, 0.4) is 0 Å². The Bertz CT molecular complexity index is 942. The van der Waals surface area contributed by atoms with Crippen molar-refractivity contribution >= 4 is 27.5 Å². The number of rotatable bonds is 5. The lowest BCUT2D eigenvalue weighted by Gasteiger charge is -2.21. The highest BCUT2D eigenvalue weighted by Gasteiger charge is 2.25. The molecule has 0 aliphatic carbocycles. The van der Waals surface area contributed by atoms with Crippen LogP contribution in [0.1, 0.15) is 18.6 Å². The number of carbonyl (C=O) groups is 1. The Labute approximate surface area is 149 Å². The molecule has 0 fully saturated rings. The summed E-state index contributed by atoms with van der Waals surface area (Å²) in [5.41, 5.74) is 0.780. The van der Waals surface area contributed by atoms with Crippen LogP contribution < -0.4 is 0 Å². The van der Waals surface area contributed by atoms with Crippen LogP contribution in [0.25, 0.3) is 10.8 Å². The SMILES string of the molecule is C=C(C(OC(C)=O)c1cccc2ccccc12)S(=O)c1ccccc1. The summed E-state index contributed by atoms with van der Waals surface area (Å²) in [6.07, 6.45) is -0.773. The minimum atomic E-state index is -1.49. The molecule has 3 aromatic carbocycles. The zero-order valence-corrected chi connectivity index (χ0v) is 14.7. The van der Waals surface area contributed by atoms with Gasteiger partial charge in [0.15, 0.2) is 6.10 Å². The molecular formula is C21H18O3S. The number of hydrogen-bond acceptors (Lipinski definition) is 3. The van der Waals surface area contributed by atoms with Crippen LogP contribution in [0.4, 0.5) is 0 Å². The first-order valence-corrected chi connectivity index (χ1v) is 9.03. The molecule has 3 nitrogen and oxygen atoms in total. The predicted octanol–water partition coefficient (Wildman–Crippen LogP) is 4.77. The minimum absolute atomic E-state index is 0.345. The molecule has 0 amide bonds. The maximum absolute atomic E-state index is 12.9. The fourth-order valence-electron chi connectivity index (χ4n) is 2.74. The van der Waals surface area contributed by atoms with E-state index in [0.29, 0.717) is 9.80 Å². The summed E-state index contributed by atoms with van der Waals surface area (Å²) < 4.78 is 18.4. The maximum Gasteiger partial charge on any atom is 0.303 e. The Morgan fingerprint density at radius 3 is 2.32 bits per heavy atom. The number of fused-ring (bicyclic) bond motifs is 1. The maximum atomic E-state index is 12.9. The van der Waals surface area contributed by atoms with Crippen molar-refractivity contribution in [2.45, 2.75) is 17.9 Å². The third kappa shape index (κ3) is 3.69. The van der Waals surface area contributed by atoms with Gasteiger partial charge in [-0.1, -0.05) is 67.2 Å². The van der Waals surface area contributed by atoms with Gasteiger partial charge in [-0.3, -0.25) is 4.79 Å². The van der Waals surface area contributed by atoms with Gasteiger partial charge in [-0.05, 0) is 22.9 Å². The average Bonchev–Trinajstić information content (AvgIpc) is 2.65. The zero-order chi connectivity index (χ0) is 17.8. The lowest BCUT2D eigenvalue weighted by molar-refractivity contribution is -0.144. The topological polar surface area (TPSA) is 43.4 Å². The smallest absolute Gasteiger partial charge is 0.303 e. The lowest BCUT2D eigenvalue weighted by atomic mass is 10.0. The molecule has 0 saturated carbocycles. The van der Waals surface area contributed by atoms with Crippen molar-refractivity contribution in [1.82, 2.24) is 0 Å². The largest absolute Gasteiger partial charge is 0.452 e. The summed E-state index contributed by atoms with van der Waals surface area (Å²) in [6.45, 7) is 5.33. The van der Waals surface area contributed by atoms with E-state index in [1.807, 2.05) is 60.7 Å². The molecule has 2 atom stereocenters. The number of hydrogen-bond donors (Lipinski definition) is 0. The van der Waals surface area contributed by atoms with Crippen LogP contribution in [-0.2, 0) is 20.3 Å². The number of carbonyl (C=O) groups excluding carboxylic acids is 1. The van der Waals surface area contributed by atoms with Crippen molar-refractivity contribution < 1.29 is 13.7 Å². The summed E-state index contributed by atoms with van der Waals surface area (Å²) >= 11 is 0. The molecule has 3 aromatic rings. The standard InChI is InChI=1S/C21H18O3S/c1-15(25(23)18-11-4-3-5-12-18)21(24-16(2)22)20-14-8-10-17-9-6-7-13-19(17)20/h3-14,21H,1H2,2H3. The summed E-state index contributed by atoms with van der Waals surface area (Å²) in [5, 5.41) is 1.97.